The molecule has 1 saturated heterocycles. The molecule has 2 aliphatic rings. The van der Waals surface area contributed by atoms with Gasteiger partial charge in [-0.15, -0.1) is 0 Å². The van der Waals surface area contributed by atoms with E-state index in [0.29, 0.717) is 41.9 Å². The molecule has 9 nitrogen and oxygen atoms in total. The van der Waals surface area contributed by atoms with Gasteiger partial charge in [-0.05, 0) is 79.6 Å². The first-order chi connectivity index (χ1) is 25.2. The maximum absolute atomic E-state index is 14.1. The van der Waals surface area contributed by atoms with Crippen LogP contribution in [0.15, 0.2) is 97.5 Å². The monoisotopic (exact) mass is 708 g/mol. The lowest BCUT2D eigenvalue weighted by molar-refractivity contribution is -0.138. The van der Waals surface area contributed by atoms with Crippen molar-refractivity contribution in [1.82, 2.24) is 15.0 Å². The third kappa shape index (κ3) is 7.42. The molecule has 3 heterocycles. The number of aromatic nitrogens is 3. The van der Waals surface area contributed by atoms with Gasteiger partial charge < -0.3 is 15.0 Å². The quantitative estimate of drug-likeness (QED) is 0.172. The van der Waals surface area contributed by atoms with Gasteiger partial charge in [0.25, 0.3) is 0 Å². The summed E-state index contributed by atoms with van der Waals surface area (Å²) in [7, 11) is 0. The van der Waals surface area contributed by atoms with E-state index >= 15 is 0 Å². The summed E-state index contributed by atoms with van der Waals surface area (Å²) in [6, 6.07) is 22.2. The van der Waals surface area contributed by atoms with Crippen molar-refractivity contribution in [3.05, 3.63) is 120 Å². The summed E-state index contributed by atoms with van der Waals surface area (Å²) >= 11 is 0. The second kappa shape index (κ2) is 15.0. The second-order valence-electron chi connectivity index (χ2n) is 13.4. The minimum Gasteiger partial charge on any atom is -0.444 e. The van der Waals surface area contributed by atoms with E-state index in [2.05, 4.69) is 15.3 Å². The lowest BCUT2D eigenvalue weighted by Crippen LogP contribution is -2.44. The van der Waals surface area contributed by atoms with Gasteiger partial charge in [0, 0.05) is 42.6 Å². The van der Waals surface area contributed by atoms with Crippen LogP contribution >= 0.6 is 0 Å². The fourth-order valence-corrected chi connectivity index (χ4v) is 7.50. The summed E-state index contributed by atoms with van der Waals surface area (Å²) in [6.45, 7) is 2.10. The van der Waals surface area contributed by atoms with Crippen LogP contribution in [0.5, 0.6) is 0 Å². The number of piperidine rings is 1. The Morgan fingerprint density at radius 1 is 0.885 bits per heavy atom. The zero-order valence-corrected chi connectivity index (χ0v) is 28.7. The van der Waals surface area contributed by atoms with E-state index < -0.39 is 35.7 Å². The number of ether oxygens (including phenoxy) is 1. The number of fused-ring (bicyclic) bond motifs is 1. The van der Waals surface area contributed by atoms with Crippen molar-refractivity contribution in [1.29, 1.82) is 0 Å². The number of rotatable bonds is 8. The second-order valence-corrected chi connectivity index (χ2v) is 13.4. The molecule has 0 spiro atoms. The topological polar surface area (TPSA) is 101 Å². The summed E-state index contributed by atoms with van der Waals surface area (Å²) in [5.41, 5.74) is 2.95. The van der Waals surface area contributed by atoms with Gasteiger partial charge in [-0.3, -0.25) is 14.7 Å². The van der Waals surface area contributed by atoms with Crippen molar-refractivity contribution in [3.8, 4) is 0 Å². The number of pyridine rings is 1. The number of hydrogen-bond acceptors (Lipinski definition) is 7. The number of benzene rings is 3. The Morgan fingerprint density at radius 3 is 2.38 bits per heavy atom. The van der Waals surface area contributed by atoms with Gasteiger partial charge in [-0.25, -0.2) is 14.8 Å². The van der Waals surface area contributed by atoms with E-state index in [1.165, 1.54) is 19.1 Å². The van der Waals surface area contributed by atoms with E-state index in [1.54, 1.807) is 29.6 Å². The molecule has 2 aromatic heterocycles. The summed E-state index contributed by atoms with van der Waals surface area (Å²) in [5, 5.41) is 2.79. The maximum atomic E-state index is 14.1. The van der Waals surface area contributed by atoms with E-state index in [0.717, 1.165) is 42.9 Å². The fraction of sp³-hybridized carbons (Fsp3) is 0.325. The number of anilines is 3. The van der Waals surface area contributed by atoms with Crippen LogP contribution < -0.4 is 15.1 Å². The highest BCUT2D eigenvalue weighted by Gasteiger charge is 2.40. The highest BCUT2D eigenvalue weighted by Crippen LogP contribution is 2.42. The van der Waals surface area contributed by atoms with Crippen LogP contribution in [0, 0.1) is 12.8 Å². The molecule has 1 N–H and O–H groups in total. The van der Waals surface area contributed by atoms with E-state index in [-0.39, 0.29) is 23.9 Å². The van der Waals surface area contributed by atoms with Gasteiger partial charge in [-0.2, -0.15) is 13.2 Å². The first-order valence-corrected chi connectivity index (χ1v) is 17.6. The maximum Gasteiger partial charge on any atom is 0.416 e. The molecule has 0 bridgehead atoms. The predicted octanol–water partition coefficient (Wildman–Crippen LogP) is 9.03. The lowest BCUT2D eigenvalue weighted by Gasteiger charge is -2.42. The third-order valence-electron chi connectivity index (χ3n) is 10.0. The molecule has 12 heteroatoms. The Labute approximate surface area is 299 Å². The van der Waals surface area contributed by atoms with Crippen molar-refractivity contribution in [2.24, 2.45) is 5.92 Å². The minimum atomic E-state index is -4.56. The Bertz CT molecular complexity index is 2030. The van der Waals surface area contributed by atoms with Crippen LogP contribution in [-0.2, 0) is 22.3 Å². The smallest absolute Gasteiger partial charge is 0.416 e. The number of carbonyl (C=O) groups is 2. The summed E-state index contributed by atoms with van der Waals surface area (Å²) < 4.78 is 47.1. The number of aryl methyl sites for hydroxylation is 1. The van der Waals surface area contributed by atoms with E-state index in [1.807, 2.05) is 59.5 Å². The Hall–Kier alpha value is -5.52. The molecule has 2 amide bonds. The fourth-order valence-electron chi connectivity index (χ4n) is 7.50. The first kappa shape index (κ1) is 34.9. The van der Waals surface area contributed by atoms with Crippen molar-refractivity contribution < 1.29 is 27.5 Å². The first-order valence-electron chi connectivity index (χ1n) is 17.6. The predicted molar refractivity (Wildman–Crippen MR) is 193 cm³/mol. The molecule has 268 valence electrons. The molecule has 7 rings (SSSR count). The number of alkyl halides is 3. The summed E-state index contributed by atoms with van der Waals surface area (Å²) in [6.07, 6.45) is 4.76. The van der Waals surface area contributed by atoms with E-state index in [4.69, 9.17) is 9.72 Å². The average molecular weight is 709 g/mol. The molecule has 1 aliphatic carbocycles. The van der Waals surface area contributed by atoms with Crippen LogP contribution in [0.1, 0.15) is 66.8 Å². The van der Waals surface area contributed by atoms with Crippen LogP contribution in [0.25, 0.3) is 11.0 Å². The Morgan fingerprint density at radius 2 is 1.63 bits per heavy atom. The van der Waals surface area contributed by atoms with Gasteiger partial charge in [0.1, 0.15) is 12.1 Å². The van der Waals surface area contributed by atoms with Crippen LogP contribution in [0.3, 0.4) is 0 Å². The van der Waals surface area contributed by atoms with Crippen LogP contribution in [0.2, 0.25) is 0 Å². The normalized spacial score (nSPS) is 18.0. The van der Waals surface area contributed by atoms with E-state index in [9.17, 15) is 22.8 Å². The largest absolute Gasteiger partial charge is 0.444 e. The van der Waals surface area contributed by atoms with Crippen LogP contribution in [0.4, 0.5) is 35.2 Å². The lowest BCUT2D eigenvalue weighted by atomic mass is 9.83. The summed E-state index contributed by atoms with van der Waals surface area (Å²) in [5.74, 6) is -0.506. The third-order valence-corrected chi connectivity index (χ3v) is 10.0. The number of halogens is 3. The Kier molecular flexibility index (Phi) is 10.1. The van der Waals surface area contributed by atoms with Gasteiger partial charge in [-0.1, -0.05) is 61.4 Å². The zero-order chi connectivity index (χ0) is 36.2. The van der Waals surface area contributed by atoms with Gasteiger partial charge in [0.2, 0.25) is 5.91 Å². The average Bonchev–Trinajstić information content (AvgIpc) is 3.69. The van der Waals surface area contributed by atoms with Crippen molar-refractivity contribution in [2.75, 3.05) is 21.7 Å². The number of nitrogens with zero attached hydrogens (tertiary/aromatic N) is 5. The molecule has 3 aromatic carbocycles. The Balaban J connectivity index is 1.23. The highest BCUT2D eigenvalue weighted by atomic mass is 19.4. The molecule has 1 saturated carbocycles. The highest BCUT2D eigenvalue weighted by molar-refractivity contribution is 5.94. The van der Waals surface area contributed by atoms with Crippen LogP contribution in [-0.4, -0.2) is 39.5 Å². The SMILES string of the molecule is Cc1ccc(NC(=O)[C@H]2CCCN(c3nccc4nccnc34)[C@H]2c2ccc(N(C(=O)OCc3ccccc3)C3CCCC3)cc2)cc1C(F)(F)F. The van der Waals surface area contributed by atoms with Gasteiger partial charge >= 0.3 is 12.3 Å². The number of carbonyl (C=O) groups excluding carboxylic acids is 2. The molecular formula is C40H39F3N6O3. The van der Waals surface area contributed by atoms with Crippen molar-refractivity contribution in [3.63, 3.8) is 0 Å². The molecule has 52 heavy (non-hydrogen) atoms. The van der Waals surface area contributed by atoms with Crippen molar-refractivity contribution >= 4 is 40.2 Å². The molecule has 1 aliphatic heterocycles. The molecule has 2 atom stereocenters. The van der Waals surface area contributed by atoms with Gasteiger partial charge in [0.05, 0.1) is 23.0 Å². The standard InChI is InChI=1S/C40H39F3N6O3/c1-26-13-16-29(24-33(26)40(41,42)43)47-38(50)32-12-7-23-48(37-35-34(19-20-46-37)44-21-22-45-35)36(32)28-14-17-31(18-15-28)49(30-10-5-6-11-30)39(51)52-25-27-8-3-2-4-9-27/h2-4,8-9,13-22,24,30,32,36H,5-7,10-12,23,25H2,1H3,(H,47,50)/t32-,36-/m0/s1. The molecule has 5 aromatic rings. The zero-order valence-electron chi connectivity index (χ0n) is 28.7. The molecule has 0 unspecified atom stereocenters. The minimum absolute atomic E-state index is 0.00613. The number of nitrogens with one attached hydrogen (secondary N) is 1. The molecule has 2 fully saturated rings. The summed E-state index contributed by atoms with van der Waals surface area (Å²) in [4.78, 5) is 45.2. The van der Waals surface area contributed by atoms with Crippen molar-refractivity contribution in [2.45, 2.75) is 70.3 Å². The van der Waals surface area contributed by atoms with Gasteiger partial charge in [0.15, 0.2) is 5.82 Å². The number of hydrogen-bond donors (Lipinski definition) is 1. The number of amides is 2. The molecule has 0 radical (unpaired) electrons. The molecular weight excluding hydrogens is 669 g/mol.